The van der Waals surface area contributed by atoms with Gasteiger partial charge in [0.1, 0.15) is 11.2 Å². The van der Waals surface area contributed by atoms with E-state index < -0.39 is 0 Å². The van der Waals surface area contributed by atoms with E-state index >= 15 is 0 Å². The first kappa shape index (κ1) is 38.5. The van der Waals surface area contributed by atoms with Crippen molar-refractivity contribution in [3.8, 4) is 50.2 Å². The molecule has 0 radical (unpaired) electrons. The van der Waals surface area contributed by atoms with Gasteiger partial charge >= 0.3 is 0 Å². The summed E-state index contributed by atoms with van der Waals surface area (Å²) in [6.07, 6.45) is 0. The van der Waals surface area contributed by atoms with Crippen molar-refractivity contribution in [3.63, 3.8) is 0 Å². The second kappa shape index (κ2) is 16.0. The summed E-state index contributed by atoms with van der Waals surface area (Å²) in [4.78, 5) is 2.39. The molecule has 0 spiro atoms. The zero-order chi connectivity index (χ0) is 44.3. The van der Waals surface area contributed by atoms with Gasteiger partial charge in [-0.3, -0.25) is 0 Å². The monoisotopic (exact) mass is 854 g/mol. The van der Waals surface area contributed by atoms with E-state index in [2.05, 4.69) is 252 Å². The molecular weight excluding hydrogens is 813 g/mol. The average Bonchev–Trinajstić information content (AvgIpc) is 3.95. The van der Waals surface area contributed by atoms with Gasteiger partial charge in [0.2, 0.25) is 0 Å². The lowest BCUT2D eigenvalue weighted by Crippen LogP contribution is -2.11. The smallest absolute Gasteiger partial charge is 0.136 e. The molecule has 2 aromatic heterocycles. The van der Waals surface area contributed by atoms with E-state index in [-0.39, 0.29) is 0 Å². The number of aromatic nitrogens is 1. The molecule has 0 amide bonds. The van der Waals surface area contributed by atoms with Crippen LogP contribution < -0.4 is 4.90 Å². The fourth-order valence-electron chi connectivity index (χ4n) is 10.2. The molecule has 0 aliphatic rings. The van der Waals surface area contributed by atoms with Gasteiger partial charge in [-0.15, -0.1) is 0 Å². The Morgan fingerprint density at radius 1 is 0.299 bits per heavy atom. The molecule has 11 aromatic carbocycles. The van der Waals surface area contributed by atoms with Crippen LogP contribution in [-0.2, 0) is 0 Å². The van der Waals surface area contributed by atoms with Gasteiger partial charge in [-0.05, 0) is 129 Å². The van der Waals surface area contributed by atoms with E-state index in [9.17, 15) is 0 Å². The zero-order valence-electron chi connectivity index (χ0n) is 36.6. The minimum atomic E-state index is 0.895. The molecule has 13 aromatic rings. The maximum absolute atomic E-state index is 6.28. The van der Waals surface area contributed by atoms with Gasteiger partial charge in [0.25, 0.3) is 0 Å². The normalized spacial score (nSPS) is 11.6. The lowest BCUT2D eigenvalue weighted by Gasteiger charge is -2.28. The predicted molar refractivity (Wildman–Crippen MR) is 282 cm³/mol. The van der Waals surface area contributed by atoms with Crippen LogP contribution in [0.1, 0.15) is 0 Å². The Bertz CT molecular complexity index is 3930. The molecule has 314 valence electrons. The van der Waals surface area contributed by atoms with Gasteiger partial charge in [0, 0.05) is 44.2 Å². The van der Waals surface area contributed by atoms with Crippen LogP contribution in [0.2, 0.25) is 0 Å². The van der Waals surface area contributed by atoms with Crippen molar-refractivity contribution < 1.29 is 4.42 Å². The zero-order valence-corrected chi connectivity index (χ0v) is 36.6. The Hall–Kier alpha value is -8.92. The maximum Gasteiger partial charge on any atom is 0.136 e. The Labute approximate surface area is 388 Å². The van der Waals surface area contributed by atoms with Gasteiger partial charge in [-0.25, -0.2) is 0 Å². The highest BCUT2D eigenvalue weighted by Gasteiger charge is 2.19. The minimum Gasteiger partial charge on any atom is -0.456 e. The number of para-hydroxylation sites is 4. The molecule has 3 heteroatoms. The second-order valence-electron chi connectivity index (χ2n) is 17.3. The van der Waals surface area contributed by atoms with Gasteiger partial charge in [0.15, 0.2) is 0 Å². The summed E-state index contributed by atoms with van der Waals surface area (Å²) in [6, 6.07) is 92.0. The summed E-state index contributed by atoms with van der Waals surface area (Å²) in [5.74, 6) is 0. The molecule has 0 aliphatic heterocycles. The summed E-state index contributed by atoms with van der Waals surface area (Å²) >= 11 is 0. The first-order chi connectivity index (χ1) is 33.2. The molecular formula is C64H42N2O. The first-order valence-electron chi connectivity index (χ1n) is 22.9. The van der Waals surface area contributed by atoms with Crippen LogP contribution in [0.15, 0.2) is 259 Å². The van der Waals surface area contributed by atoms with E-state index in [1.54, 1.807) is 0 Å². The number of fused-ring (bicyclic) bond motifs is 7. The molecule has 0 atom stereocenters. The van der Waals surface area contributed by atoms with Crippen molar-refractivity contribution in [3.05, 3.63) is 255 Å². The van der Waals surface area contributed by atoms with E-state index in [1.807, 2.05) is 12.1 Å². The number of anilines is 3. The van der Waals surface area contributed by atoms with E-state index in [0.717, 1.165) is 61.4 Å². The third-order valence-corrected chi connectivity index (χ3v) is 13.4. The topological polar surface area (TPSA) is 21.3 Å². The Morgan fingerprint density at radius 3 is 1.52 bits per heavy atom. The highest BCUT2D eigenvalue weighted by Crippen LogP contribution is 2.44. The lowest BCUT2D eigenvalue weighted by atomic mass is 9.95. The van der Waals surface area contributed by atoms with Crippen LogP contribution in [0.25, 0.3) is 105 Å². The molecule has 0 fully saturated rings. The first-order valence-corrected chi connectivity index (χ1v) is 22.9. The van der Waals surface area contributed by atoms with Crippen molar-refractivity contribution in [2.45, 2.75) is 0 Å². The third kappa shape index (κ3) is 6.67. The molecule has 3 nitrogen and oxygen atoms in total. The number of furan rings is 1. The largest absolute Gasteiger partial charge is 0.456 e. The Kier molecular flexibility index (Phi) is 9.17. The van der Waals surface area contributed by atoms with Crippen LogP contribution in [0.4, 0.5) is 17.1 Å². The molecule has 0 unspecified atom stereocenters. The van der Waals surface area contributed by atoms with Crippen molar-refractivity contribution in [2.24, 2.45) is 0 Å². The van der Waals surface area contributed by atoms with Crippen molar-refractivity contribution in [2.75, 3.05) is 4.90 Å². The molecule has 0 saturated heterocycles. The molecule has 2 heterocycles. The summed E-state index contributed by atoms with van der Waals surface area (Å²) in [5.41, 5.74) is 17.9. The Morgan fingerprint density at radius 2 is 0.791 bits per heavy atom. The third-order valence-electron chi connectivity index (χ3n) is 13.4. The highest BCUT2D eigenvalue weighted by molar-refractivity contribution is 6.09. The van der Waals surface area contributed by atoms with Crippen molar-refractivity contribution in [1.29, 1.82) is 0 Å². The van der Waals surface area contributed by atoms with Gasteiger partial charge in [0.05, 0.1) is 16.7 Å². The second-order valence-corrected chi connectivity index (χ2v) is 17.3. The average molecular weight is 855 g/mol. The molecule has 0 bridgehead atoms. The Balaban J connectivity index is 0.880. The van der Waals surface area contributed by atoms with Crippen LogP contribution in [0.5, 0.6) is 0 Å². The van der Waals surface area contributed by atoms with Crippen LogP contribution in [0.3, 0.4) is 0 Å². The quantitative estimate of drug-likeness (QED) is 0.152. The minimum absolute atomic E-state index is 0.895. The summed E-state index contributed by atoms with van der Waals surface area (Å²) in [6.45, 7) is 0. The SMILES string of the molecule is c1cc(-c2ccc(N(c3ccc(-c4ccc5c(c4)oc4ccccc45)cc3)c3ccccc3-c3cccc4ccccc34)cc2)cc(-c2cccc(-n3c4ccccc4c4ccccc43)c2)c1. The van der Waals surface area contributed by atoms with Crippen LogP contribution >= 0.6 is 0 Å². The number of benzene rings is 11. The molecule has 13 rings (SSSR count). The molecule has 0 saturated carbocycles. The van der Waals surface area contributed by atoms with E-state index in [4.69, 9.17) is 4.42 Å². The van der Waals surface area contributed by atoms with Gasteiger partial charge < -0.3 is 13.9 Å². The van der Waals surface area contributed by atoms with E-state index in [0.29, 0.717) is 0 Å². The number of rotatable bonds is 8. The summed E-state index contributed by atoms with van der Waals surface area (Å²) < 4.78 is 8.67. The fourth-order valence-corrected chi connectivity index (χ4v) is 10.2. The lowest BCUT2D eigenvalue weighted by molar-refractivity contribution is 0.669. The number of hydrogen-bond donors (Lipinski definition) is 0. The highest BCUT2D eigenvalue weighted by atomic mass is 16.3. The van der Waals surface area contributed by atoms with E-state index in [1.165, 1.54) is 60.4 Å². The standard InChI is InChI=1S/C64H42N2O/c1-2-20-53-45(14-1)15-13-25-54(53)55-21-3-7-26-60(55)65(51-37-32-44(33-38-51)49-34-39-59-58-24-6-10-29-63(58)67-64(59)42-49)50-35-30-43(31-36-50)46-16-11-17-47(40-46)48-18-12-19-52(41-48)66-61-27-8-4-22-56(61)57-23-5-9-28-62(57)66/h1-42H. The summed E-state index contributed by atoms with van der Waals surface area (Å²) in [5, 5.41) is 7.24. The van der Waals surface area contributed by atoms with Gasteiger partial charge in [-0.1, -0.05) is 176 Å². The van der Waals surface area contributed by atoms with Crippen molar-refractivity contribution in [1.82, 2.24) is 4.57 Å². The predicted octanol–water partition coefficient (Wildman–Crippen LogP) is 18.0. The van der Waals surface area contributed by atoms with Gasteiger partial charge in [-0.2, -0.15) is 0 Å². The summed E-state index contributed by atoms with van der Waals surface area (Å²) in [7, 11) is 0. The maximum atomic E-state index is 6.28. The number of nitrogens with zero attached hydrogens (tertiary/aromatic N) is 2. The molecule has 67 heavy (non-hydrogen) atoms. The molecule has 0 aliphatic carbocycles. The van der Waals surface area contributed by atoms with Crippen molar-refractivity contribution >= 4 is 71.6 Å². The number of hydrogen-bond acceptors (Lipinski definition) is 2. The fraction of sp³-hybridized carbons (Fsp3) is 0. The van der Waals surface area contributed by atoms with Crippen LogP contribution in [0, 0.1) is 0 Å². The molecule has 0 N–H and O–H groups in total. The van der Waals surface area contributed by atoms with Crippen LogP contribution in [-0.4, -0.2) is 4.57 Å².